The van der Waals surface area contributed by atoms with Crippen LogP contribution in [0.1, 0.15) is 5.69 Å². The predicted octanol–water partition coefficient (Wildman–Crippen LogP) is 1.34. The topological polar surface area (TPSA) is 55.1 Å². The summed E-state index contributed by atoms with van der Waals surface area (Å²) in [7, 11) is 1.66. The monoisotopic (exact) mass is 208 g/mol. The molecule has 0 saturated carbocycles. The third-order valence-corrected chi connectivity index (χ3v) is 2.22. The lowest BCUT2D eigenvalue weighted by Crippen LogP contribution is -2.02. The first-order valence-corrected chi connectivity index (χ1v) is 4.41. The second-order valence-electron chi connectivity index (χ2n) is 3.27. The maximum Gasteiger partial charge on any atom is 0.309 e. The van der Waals surface area contributed by atoms with Crippen LogP contribution < -0.4 is 0 Å². The molecule has 78 valence electrons. The van der Waals surface area contributed by atoms with Gasteiger partial charge in [-0.1, -0.05) is 6.07 Å². The summed E-state index contributed by atoms with van der Waals surface area (Å²) in [6.07, 6.45) is -0.266. The lowest BCUT2D eigenvalue weighted by Gasteiger charge is -1.94. The van der Waals surface area contributed by atoms with Gasteiger partial charge in [0.05, 0.1) is 23.0 Å². The van der Waals surface area contributed by atoms with E-state index in [0.29, 0.717) is 10.9 Å². The van der Waals surface area contributed by atoms with Crippen molar-refractivity contribution in [2.45, 2.75) is 6.42 Å². The van der Waals surface area contributed by atoms with Crippen molar-refractivity contribution in [3.63, 3.8) is 0 Å². The Hall–Kier alpha value is -1.91. The van der Waals surface area contributed by atoms with Crippen molar-refractivity contribution in [3.8, 4) is 0 Å². The van der Waals surface area contributed by atoms with E-state index < -0.39 is 11.8 Å². The molecule has 5 heteroatoms. The van der Waals surface area contributed by atoms with Crippen LogP contribution in [0.5, 0.6) is 0 Å². The summed E-state index contributed by atoms with van der Waals surface area (Å²) in [5.74, 6) is -1.45. The minimum atomic E-state index is -1.02. The number of rotatable bonds is 2. The van der Waals surface area contributed by atoms with Gasteiger partial charge in [0.2, 0.25) is 0 Å². The van der Waals surface area contributed by atoms with Gasteiger partial charge in [-0.2, -0.15) is 5.10 Å². The zero-order valence-corrected chi connectivity index (χ0v) is 8.07. The Balaban J connectivity index is 2.70. The normalized spacial score (nSPS) is 10.8. The van der Waals surface area contributed by atoms with Gasteiger partial charge in [0.25, 0.3) is 0 Å². The average Bonchev–Trinajstić information content (AvgIpc) is 2.44. The highest BCUT2D eigenvalue weighted by molar-refractivity contribution is 5.86. The van der Waals surface area contributed by atoms with Crippen molar-refractivity contribution >= 4 is 16.9 Å². The highest BCUT2D eigenvalue weighted by Crippen LogP contribution is 2.21. The molecule has 1 aromatic heterocycles. The Labute approximate surface area is 84.9 Å². The van der Waals surface area contributed by atoms with Gasteiger partial charge in [-0.05, 0) is 12.1 Å². The molecule has 0 aliphatic rings. The predicted molar refractivity (Wildman–Crippen MR) is 52.0 cm³/mol. The third kappa shape index (κ3) is 1.56. The molecule has 0 aliphatic heterocycles. The van der Waals surface area contributed by atoms with Crippen LogP contribution in [0.25, 0.3) is 10.9 Å². The molecule has 1 aromatic carbocycles. The van der Waals surface area contributed by atoms with E-state index in [4.69, 9.17) is 5.11 Å². The van der Waals surface area contributed by atoms with E-state index in [1.165, 1.54) is 10.7 Å². The summed E-state index contributed by atoms with van der Waals surface area (Å²) in [5, 5.41) is 12.9. The first-order valence-electron chi connectivity index (χ1n) is 4.41. The van der Waals surface area contributed by atoms with E-state index in [9.17, 15) is 9.18 Å². The fourth-order valence-corrected chi connectivity index (χ4v) is 1.62. The molecule has 0 atom stereocenters. The number of carboxylic acids is 1. The number of nitrogens with zero attached hydrogens (tertiary/aromatic N) is 2. The number of carboxylic acid groups (broad SMARTS) is 1. The largest absolute Gasteiger partial charge is 0.481 e. The first-order chi connectivity index (χ1) is 7.09. The van der Waals surface area contributed by atoms with Crippen molar-refractivity contribution in [2.24, 2.45) is 7.05 Å². The molecule has 0 bridgehead atoms. The van der Waals surface area contributed by atoms with Crippen molar-refractivity contribution in [1.29, 1.82) is 0 Å². The van der Waals surface area contributed by atoms with Gasteiger partial charge in [-0.15, -0.1) is 0 Å². The smallest absolute Gasteiger partial charge is 0.309 e. The summed E-state index contributed by atoms with van der Waals surface area (Å²) in [6, 6.07) is 4.58. The number of aliphatic carboxylic acids is 1. The fourth-order valence-electron chi connectivity index (χ4n) is 1.62. The minimum Gasteiger partial charge on any atom is -0.481 e. The Bertz CT molecular complexity index is 533. The second kappa shape index (κ2) is 3.34. The molecule has 1 heterocycles. The van der Waals surface area contributed by atoms with Crippen LogP contribution in [-0.2, 0) is 18.3 Å². The molecule has 0 spiro atoms. The molecule has 15 heavy (non-hydrogen) atoms. The molecule has 0 fully saturated rings. The van der Waals surface area contributed by atoms with E-state index in [1.807, 2.05) is 0 Å². The van der Waals surface area contributed by atoms with E-state index in [1.54, 1.807) is 19.2 Å². The molecule has 0 saturated heterocycles. The minimum absolute atomic E-state index is 0.262. The van der Waals surface area contributed by atoms with E-state index >= 15 is 0 Å². The van der Waals surface area contributed by atoms with Crippen molar-refractivity contribution < 1.29 is 14.3 Å². The first kappa shape index (κ1) is 9.64. The van der Waals surface area contributed by atoms with Crippen LogP contribution >= 0.6 is 0 Å². The second-order valence-corrected chi connectivity index (χ2v) is 3.27. The molecular formula is C10H9FN2O2. The number of aryl methyl sites for hydroxylation is 1. The summed E-state index contributed by atoms with van der Waals surface area (Å²) >= 11 is 0. The van der Waals surface area contributed by atoms with Crippen LogP contribution in [-0.4, -0.2) is 20.9 Å². The zero-order valence-electron chi connectivity index (χ0n) is 8.07. The highest BCUT2D eigenvalue weighted by atomic mass is 19.1. The van der Waals surface area contributed by atoms with Gasteiger partial charge in [-0.3, -0.25) is 9.48 Å². The maximum atomic E-state index is 13.5. The van der Waals surface area contributed by atoms with Gasteiger partial charge in [0.15, 0.2) is 0 Å². The van der Waals surface area contributed by atoms with E-state index in [-0.39, 0.29) is 12.1 Å². The molecule has 1 N–H and O–H groups in total. The Morgan fingerprint density at radius 1 is 1.60 bits per heavy atom. The van der Waals surface area contributed by atoms with Crippen LogP contribution in [0, 0.1) is 5.82 Å². The SMILES string of the molecule is Cn1nc(CC(=O)O)c2c(F)cccc21. The summed E-state index contributed by atoms with van der Waals surface area (Å²) in [6.45, 7) is 0. The molecule has 4 nitrogen and oxygen atoms in total. The Morgan fingerprint density at radius 3 is 3.00 bits per heavy atom. The lowest BCUT2D eigenvalue weighted by atomic mass is 10.1. The van der Waals surface area contributed by atoms with Crippen molar-refractivity contribution in [1.82, 2.24) is 9.78 Å². The molecular weight excluding hydrogens is 199 g/mol. The molecule has 0 unspecified atom stereocenters. The number of benzene rings is 1. The third-order valence-electron chi connectivity index (χ3n) is 2.22. The van der Waals surface area contributed by atoms with E-state index in [2.05, 4.69) is 5.10 Å². The standard InChI is InChI=1S/C10H9FN2O2/c1-13-8-4-2-3-6(11)10(8)7(12-13)5-9(14)15/h2-4H,5H2,1H3,(H,14,15). The number of fused-ring (bicyclic) bond motifs is 1. The Kier molecular flexibility index (Phi) is 2.15. The van der Waals surface area contributed by atoms with E-state index in [0.717, 1.165) is 0 Å². The quantitative estimate of drug-likeness (QED) is 0.810. The molecule has 2 aromatic rings. The summed E-state index contributed by atoms with van der Waals surface area (Å²) < 4.78 is 14.9. The molecule has 0 aliphatic carbocycles. The van der Waals surface area contributed by atoms with Gasteiger partial charge in [0, 0.05) is 7.05 Å². The van der Waals surface area contributed by atoms with Crippen LogP contribution in [0.15, 0.2) is 18.2 Å². The number of carbonyl (C=O) groups is 1. The molecule has 2 rings (SSSR count). The van der Waals surface area contributed by atoms with Gasteiger partial charge in [0.1, 0.15) is 5.82 Å². The lowest BCUT2D eigenvalue weighted by molar-refractivity contribution is -0.136. The summed E-state index contributed by atoms with van der Waals surface area (Å²) in [5.41, 5.74) is 0.865. The van der Waals surface area contributed by atoms with Crippen molar-refractivity contribution in [3.05, 3.63) is 29.7 Å². The fraction of sp³-hybridized carbons (Fsp3) is 0.200. The number of aromatic nitrogens is 2. The Morgan fingerprint density at radius 2 is 2.33 bits per heavy atom. The highest BCUT2D eigenvalue weighted by Gasteiger charge is 2.14. The zero-order chi connectivity index (χ0) is 11.0. The maximum absolute atomic E-state index is 13.5. The van der Waals surface area contributed by atoms with Crippen LogP contribution in [0.3, 0.4) is 0 Å². The molecule has 0 radical (unpaired) electrons. The number of halogens is 1. The van der Waals surface area contributed by atoms with Crippen molar-refractivity contribution in [2.75, 3.05) is 0 Å². The van der Waals surface area contributed by atoms with Gasteiger partial charge in [-0.25, -0.2) is 4.39 Å². The number of hydrogen-bond donors (Lipinski definition) is 1. The van der Waals surface area contributed by atoms with Gasteiger partial charge < -0.3 is 5.11 Å². The summed E-state index contributed by atoms with van der Waals surface area (Å²) in [4.78, 5) is 10.6. The van der Waals surface area contributed by atoms with Gasteiger partial charge >= 0.3 is 5.97 Å². The van der Waals surface area contributed by atoms with Crippen LogP contribution in [0.4, 0.5) is 4.39 Å². The molecule has 0 amide bonds. The average molecular weight is 208 g/mol. The van der Waals surface area contributed by atoms with Crippen LogP contribution in [0.2, 0.25) is 0 Å². The number of hydrogen-bond acceptors (Lipinski definition) is 2.